The maximum Gasteiger partial charge on any atom is 0.257 e. The van der Waals surface area contributed by atoms with E-state index in [1.165, 1.54) is 0 Å². The average molecular weight is 401 g/mol. The molecule has 0 bridgehead atoms. The first-order chi connectivity index (χ1) is 14.1. The average Bonchev–Trinajstić information content (AvgIpc) is 2.74. The fourth-order valence-electron chi connectivity index (χ4n) is 3.11. The molecule has 4 nitrogen and oxygen atoms in total. The molecule has 5 heteroatoms. The van der Waals surface area contributed by atoms with Crippen molar-refractivity contribution in [2.45, 2.75) is 0 Å². The van der Waals surface area contributed by atoms with Gasteiger partial charge in [-0.1, -0.05) is 66.2 Å². The quantitative estimate of drug-likeness (QED) is 0.441. The van der Waals surface area contributed by atoms with Crippen LogP contribution in [0.25, 0.3) is 10.8 Å². The molecule has 2 N–H and O–H groups in total. The van der Waals surface area contributed by atoms with Crippen LogP contribution in [-0.4, -0.2) is 11.8 Å². The second kappa shape index (κ2) is 8.17. The van der Waals surface area contributed by atoms with Gasteiger partial charge in [0.15, 0.2) is 0 Å². The second-order valence-corrected chi connectivity index (χ2v) is 6.90. The van der Waals surface area contributed by atoms with Gasteiger partial charge < -0.3 is 10.6 Å². The Morgan fingerprint density at radius 1 is 0.690 bits per heavy atom. The molecule has 0 atom stereocenters. The normalized spacial score (nSPS) is 10.5. The van der Waals surface area contributed by atoms with Gasteiger partial charge in [-0.25, -0.2) is 0 Å². The van der Waals surface area contributed by atoms with Gasteiger partial charge in [0.2, 0.25) is 0 Å². The van der Waals surface area contributed by atoms with Crippen LogP contribution >= 0.6 is 11.6 Å². The minimum atomic E-state index is -0.331. The van der Waals surface area contributed by atoms with Gasteiger partial charge in [0.05, 0.1) is 10.6 Å². The van der Waals surface area contributed by atoms with E-state index in [-0.39, 0.29) is 11.8 Å². The molecule has 0 spiro atoms. The molecule has 0 fully saturated rings. The number of amides is 2. The Morgan fingerprint density at radius 2 is 1.41 bits per heavy atom. The molecule has 0 aliphatic heterocycles. The molecule has 142 valence electrons. The van der Waals surface area contributed by atoms with Crippen LogP contribution in [0, 0.1) is 0 Å². The Morgan fingerprint density at radius 3 is 2.28 bits per heavy atom. The zero-order valence-corrected chi connectivity index (χ0v) is 16.1. The largest absolute Gasteiger partial charge is 0.322 e. The van der Waals surface area contributed by atoms with E-state index >= 15 is 0 Å². The summed E-state index contributed by atoms with van der Waals surface area (Å²) < 4.78 is 0. The zero-order valence-electron chi connectivity index (χ0n) is 15.4. The first-order valence-electron chi connectivity index (χ1n) is 9.07. The minimum Gasteiger partial charge on any atom is -0.322 e. The van der Waals surface area contributed by atoms with Crippen LogP contribution in [0.3, 0.4) is 0 Å². The SMILES string of the molecule is O=C(Nc1cccc2ccccc12)c1cccc(NC(=O)c2ccccc2Cl)c1. The molecule has 0 aromatic heterocycles. The fourth-order valence-corrected chi connectivity index (χ4v) is 3.33. The predicted molar refractivity (Wildman–Crippen MR) is 118 cm³/mol. The van der Waals surface area contributed by atoms with E-state index in [0.29, 0.717) is 21.8 Å². The van der Waals surface area contributed by atoms with Crippen molar-refractivity contribution in [3.05, 3.63) is 107 Å². The number of hydrogen-bond acceptors (Lipinski definition) is 2. The van der Waals surface area contributed by atoms with Crippen molar-refractivity contribution in [3.63, 3.8) is 0 Å². The highest BCUT2D eigenvalue weighted by Gasteiger charge is 2.12. The molecule has 0 aliphatic carbocycles. The van der Waals surface area contributed by atoms with Crippen molar-refractivity contribution in [3.8, 4) is 0 Å². The first kappa shape index (κ1) is 18.7. The van der Waals surface area contributed by atoms with E-state index in [1.807, 2.05) is 42.5 Å². The number of carbonyl (C=O) groups excluding carboxylic acids is 2. The molecule has 4 rings (SSSR count). The van der Waals surface area contributed by atoms with Gasteiger partial charge >= 0.3 is 0 Å². The molecule has 0 unspecified atom stereocenters. The Labute approximate surface area is 173 Å². The molecule has 29 heavy (non-hydrogen) atoms. The maximum atomic E-state index is 12.8. The molecule has 0 aliphatic rings. The van der Waals surface area contributed by atoms with Crippen LogP contribution in [0.15, 0.2) is 91.0 Å². The molecule has 0 saturated carbocycles. The highest BCUT2D eigenvalue weighted by molar-refractivity contribution is 6.34. The van der Waals surface area contributed by atoms with E-state index < -0.39 is 0 Å². The Balaban J connectivity index is 1.54. The lowest BCUT2D eigenvalue weighted by Crippen LogP contribution is -2.15. The third-order valence-electron chi connectivity index (χ3n) is 4.54. The van der Waals surface area contributed by atoms with Crippen LogP contribution < -0.4 is 10.6 Å². The molecule has 4 aromatic carbocycles. The van der Waals surface area contributed by atoms with Crippen LogP contribution in [0.1, 0.15) is 20.7 Å². The molecule has 2 amide bonds. The Hall–Kier alpha value is -3.63. The van der Waals surface area contributed by atoms with Gasteiger partial charge in [0, 0.05) is 22.3 Å². The van der Waals surface area contributed by atoms with Crippen LogP contribution in [-0.2, 0) is 0 Å². The topological polar surface area (TPSA) is 58.2 Å². The van der Waals surface area contributed by atoms with E-state index in [4.69, 9.17) is 11.6 Å². The molecular weight excluding hydrogens is 384 g/mol. The van der Waals surface area contributed by atoms with Crippen molar-refractivity contribution in [1.29, 1.82) is 0 Å². The van der Waals surface area contributed by atoms with Crippen LogP contribution in [0.2, 0.25) is 5.02 Å². The number of rotatable bonds is 4. The van der Waals surface area contributed by atoms with E-state index in [1.54, 1.807) is 48.5 Å². The monoisotopic (exact) mass is 400 g/mol. The lowest BCUT2D eigenvalue weighted by atomic mass is 10.1. The maximum absolute atomic E-state index is 12.8. The highest BCUT2D eigenvalue weighted by Crippen LogP contribution is 2.24. The molecule has 0 saturated heterocycles. The van der Waals surface area contributed by atoms with Gasteiger partial charge in [0.1, 0.15) is 0 Å². The summed E-state index contributed by atoms with van der Waals surface area (Å²) in [7, 11) is 0. The van der Waals surface area contributed by atoms with E-state index in [2.05, 4.69) is 10.6 Å². The van der Waals surface area contributed by atoms with Gasteiger partial charge in [-0.15, -0.1) is 0 Å². The third-order valence-corrected chi connectivity index (χ3v) is 4.87. The summed E-state index contributed by atoms with van der Waals surface area (Å²) in [6.45, 7) is 0. The van der Waals surface area contributed by atoms with Crippen molar-refractivity contribution >= 4 is 45.6 Å². The van der Waals surface area contributed by atoms with Crippen molar-refractivity contribution in [2.75, 3.05) is 10.6 Å². The standard InChI is InChI=1S/C24H17ClN2O2/c25-21-13-4-3-12-20(21)24(29)26-18-10-5-9-17(15-18)23(28)27-22-14-6-8-16-7-1-2-11-19(16)22/h1-15H,(H,26,29)(H,27,28). The van der Waals surface area contributed by atoms with Crippen molar-refractivity contribution in [2.24, 2.45) is 0 Å². The Kier molecular flexibility index (Phi) is 5.27. The highest BCUT2D eigenvalue weighted by atomic mass is 35.5. The van der Waals surface area contributed by atoms with Crippen LogP contribution in [0.4, 0.5) is 11.4 Å². The van der Waals surface area contributed by atoms with Gasteiger partial charge in [0.25, 0.3) is 11.8 Å². The number of anilines is 2. The summed E-state index contributed by atoms with van der Waals surface area (Å²) in [5, 5.41) is 8.12. The Bertz CT molecular complexity index is 1210. The summed E-state index contributed by atoms with van der Waals surface area (Å²) in [5.41, 5.74) is 2.06. The summed E-state index contributed by atoms with van der Waals surface area (Å²) in [4.78, 5) is 25.2. The number of fused-ring (bicyclic) bond motifs is 1. The zero-order chi connectivity index (χ0) is 20.2. The van der Waals surface area contributed by atoms with E-state index in [0.717, 1.165) is 16.5 Å². The summed E-state index contributed by atoms with van der Waals surface area (Å²) >= 11 is 6.08. The molecule has 4 aromatic rings. The lowest BCUT2D eigenvalue weighted by molar-refractivity contribution is 0.101. The van der Waals surface area contributed by atoms with Gasteiger partial charge in [-0.05, 0) is 41.8 Å². The van der Waals surface area contributed by atoms with E-state index in [9.17, 15) is 9.59 Å². The number of nitrogens with one attached hydrogen (secondary N) is 2. The number of carbonyl (C=O) groups is 2. The number of hydrogen-bond donors (Lipinski definition) is 2. The lowest BCUT2D eigenvalue weighted by Gasteiger charge is -2.11. The molecular formula is C24H17ClN2O2. The first-order valence-corrected chi connectivity index (χ1v) is 9.45. The fraction of sp³-hybridized carbons (Fsp3) is 0. The summed E-state index contributed by atoms with van der Waals surface area (Å²) in [5.74, 6) is -0.586. The van der Waals surface area contributed by atoms with Crippen molar-refractivity contribution in [1.82, 2.24) is 0 Å². The van der Waals surface area contributed by atoms with Gasteiger partial charge in [-0.2, -0.15) is 0 Å². The predicted octanol–water partition coefficient (Wildman–Crippen LogP) is 6.00. The molecule has 0 heterocycles. The third kappa shape index (κ3) is 4.13. The smallest absolute Gasteiger partial charge is 0.257 e. The minimum absolute atomic E-state index is 0.254. The number of benzene rings is 4. The van der Waals surface area contributed by atoms with Gasteiger partial charge in [-0.3, -0.25) is 9.59 Å². The summed E-state index contributed by atoms with van der Waals surface area (Å²) in [6, 6.07) is 27.2. The summed E-state index contributed by atoms with van der Waals surface area (Å²) in [6.07, 6.45) is 0. The second-order valence-electron chi connectivity index (χ2n) is 6.50. The number of halogens is 1. The molecule has 0 radical (unpaired) electrons. The van der Waals surface area contributed by atoms with Crippen molar-refractivity contribution < 1.29 is 9.59 Å². The van der Waals surface area contributed by atoms with Crippen LogP contribution in [0.5, 0.6) is 0 Å².